The molecule has 0 N–H and O–H groups in total. The average Bonchev–Trinajstić information content (AvgIpc) is 4.01. The molecule has 13 rings (SSSR count). The number of aromatic nitrogens is 3. The first kappa shape index (κ1) is 35.5. The highest BCUT2D eigenvalue weighted by molar-refractivity contribution is 7.11. The molecule has 4 aliphatic rings. The second-order valence-electron chi connectivity index (χ2n) is 16.1. The van der Waals surface area contributed by atoms with Crippen LogP contribution in [-0.2, 0) is 0 Å². The highest BCUT2D eigenvalue weighted by Gasteiger charge is 2.70. The summed E-state index contributed by atoms with van der Waals surface area (Å²) in [6.45, 7) is 0. The Morgan fingerprint density at radius 3 is 0.778 bits per heavy atom. The topological polar surface area (TPSA) is 58.1 Å². The summed E-state index contributed by atoms with van der Waals surface area (Å²) in [4.78, 5) is 23.7. The molecule has 0 spiro atoms. The predicted octanol–water partition coefficient (Wildman–Crippen LogP) is 11.1. The van der Waals surface area contributed by atoms with E-state index in [0.717, 1.165) is 85.4 Å². The van der Waals surface area contributed by atoms with Gasteiger partial charge in [0.25, 0.3) is 0 Å². The first-order chi connectivity index (χ1) is 31.3. The van der Waals surface area contributed by atoms with Gasteiger partial charge in [0.1, 0.15) is 17.5 Å². The Hall–Kier alpha value is -8.24. The van der Waals surface area contributed by atoms with E-state index in [0.29, 0.717) is 0 Å². The fourth-order valence-electron chi connectivity index (χ4n) is 9.99. The van der Waals surface area contributed by atoms with Crippen LogP contribution in [-0.4, -0.2) is 36.3 Å². The average molecular weight is 807 g/mol. The normalized spacial score (nSPS) is 14.4. The predicted molar refractivity (Wildman–Crippen MR) is 259 cm³/mol. The number of para-hydroxylation sites is 6. The lowest BCUT2D eigenvalue weighted by Crippen LogP contribution is -2.83. The molecule has 63 heavy (non-hydrogen) atoms. The lowest BCUT2D eigenvalue weighted by Gasteiger charge is -2.51. The highest BCUT2D eigenvalue weighted by atomic mass is 15.6. The molecule has 0 unspecified atom stereocenters. The molecule has 0 amide bonds. The van der Waals surface area contributed by atoms with E-state index in [2.05, 4.69) is 229 Å². The Bertz CT molecular complexity index is 2830. The zero-order valence-corrected chi connectivity index (χ0v) is 34.0. The summed E-state index contributed by atoms with van der Waals surface area (Å²) in [5.41, 5.74) is 12.5. The number of benzene rings is 6. The van der Waals surface area contributed by atoms with Gasteiger partial charge >= 0.3 is 21.4 Å². The van der Waals surface area contributed by atoms with Crippen LogP contribution >= 0.6 is 0 Å². The van der Waals surface area contributed by atoms with Gasteiger partial charge in [0, 0.05) is 33.8 Å². The smallest absolute Gasteiger partial charge is 0.382 e. The van der Waals surface area contributed by atoms with Gasteiger partial charge in [-0.3, -0.25) is 0 Å². The Labute approximate surface area is 367 Å². The van der Waals surface area contributed by atoms with E-state index in [1.54, 1.807) is 0 Å². The molecule has 9 aromatic rings. The lowest BCUT2D eigenvalue weighted by atomic mass is 9.55. The fraction of sp³-hybridized carbons (Fsp3) is 0. The van der Waals surface area contributed by atoms with E-state index in [4.69, 9.17) is 15.0 Å². The molecule has 4 aliphatic heterocycles. The van der Waals surface area contributed by atoms with Crippen LogP contribution in [0.3, 0.4) is 0 Å². The summed E-state index contributed by atoms with van der Waals surface area (Å²) in [6, 6.07) is 76.7. The zero-order chi connectivity index (χ0) is 41.4. The second-order valence-corrected chi connectivity index (χ2v) is 16.1. The van der Waals surface area contributed by atoms with E-state index in [-0.39, 0.29) is 21.4 Å². The van der Waals surface area contributed by atoms with Crippen molar-refractivity contribution in [2.24, 2.45) is 0 Å². The molecular weight excluding hydrogens is 771 g/mol. The second kappa shape index (κ2) is 14.2. The van der Waals surface area contributed by atoms with Crippen molar-refractivity contribution in [3.63, 3.8) is 0 Å². The van der Waals surface area contributed by atoms with Crippen molar-refractivity contribution in [1.29, 1.82) is 0 Å². The largest absolute Gasteiger partial charge is 0.490 e. The van der Waals surface area contributed by atoms with Gasteiger partial charge in [-0.1, -0.05) is 146 Å². The molecule has 1 saturated heterocycles. The third-order valence-corrected chi connectivity index (χ3v) is 12.6. The lowest BCUT2D eigenvalue weighted by molar-refractivity contribution is 1.19. The minimum absolute atomic E-state index is 0.371. The van der Waals surface area contributed by atoms with Gasteiger partial charge in [0.15, 0.2) is 0 Å². The Morgan fingerprint density at radius 1 is 0.238 bits per heavy atom. The van der Waals surface area contributed by atoms with Gasteiger partial charge in [0.2, 0.25) is 0 Å². The maximum Gasteiger partial charge on any atom is 0.490 e. The fourth-order valence-corrected chi connectivity index (χ4v) is 9.99. The summed E-state index contributed by atoms with van der Waals surface area (Å²) in [7, 11) is -1.11. The van der Waals surface area contributed by atoms with Crippen LogP contribution in [0.1, 0.15) is 0 Å². The van der Waals surface area contributed by atoms with Gasteiger partial charge in [-0.15, -0.1) is 0 Å². The number of anilines is 9. The quantitative estimate of drug-likeness (QED) is 0.153. The van der Waals surface area contributed by atoms with Crippen molar-refractivity contribution in [2.45, 2.75) is 0 Å². The Balaban J connectivity index is 1.07. The third-order valence-electron chi connectivity index (χ3n) is 12.6. The van der Waals surface area contributed by atoms with E-state index in [1.807, 2.05) is 18.2 Å². The molecule has 0 aliphatic carbocycles. The van der Waals surface area contributed by atoms with Crippen LogP contribution in [0, 0.1) is 0 Å². The summed E-state index contributed by atoms with van der Waals surface area (Å²) < 4.78 is 7.69. The molecule has 0 radical (unpaired) electrons. The van der Waals surface area contributed by atoms with Crippen LogP contribution in [0.15, 0.2) is 218 Å². The summed E-state index contributed by atoms with van der Waals surface area (Å²) in [5, 5.41) is 0. The molecule has 9 nitrogen and oxygen atoms in total. The number of rotatable bonds is 6. The van der Waals surface area contributed by atoms with Crippen molar-refractivity contribution in [1.82, 2.24) is 15.0 Å². The summed E-state index contributed by atoms with van der Waals surface area (Å²) >= 11 is 0. The maximum absolute atomic E-state index is 5.46. The van der Waals surface area contributed by atoms with E-state index in [9.17, 15) is 0 Å². The molecule has 0 saturated carbocycles. The molecular formula is C51H36B3N9. The molecule has 0 atom stereocenters. The molecule has 12 heteroatoms. The monoisotopic (exact) mass is 807 g/mol. The van der Waals surface area contributed by atoms with Crippen LogP contribution in [0.5, 0.6) is 0 Å². The minimum Gasteiger partial charge on any atom is -0.382 e. The first-order valence-corrected chi connectivity index (χ1v) is 21.4. The first-order valence-electron chi connectivity index (χ1n) is 21.4. The van der Waals surface area contributed by atoms with E-state index >= 15 is 0 Å². The van der Waals surface area contributed by atoms with Crippen molar-refractivity contribution in [3.8, 4) is 33.8 Å². The molecule has 7 heterocycles. The van der Waals surface area contributed by atoms with Gasteiger partial charge in [0.05, 0.1) is 34.1 Å². The van der Waals surface area contributed by atoms with Crippen LogP contribution < -0.4 is 28.6 Å². The third kappa shape index (κ3) is 5.44. The maximum atomic E-state index is 5.46. The number of nitrogens with zero attached hydrogens (tertiary/aromatic N) is 9. The number of pyridine rings is 3. The van der Waals surface area contributed by atoms with Crippen molar-refractivity contribution in [2.75, 3.05) is 28.6 Å². The molecule has 0 bridgehead atoms. The standard InChI is InChI=1S/C51H36B3N9/c1-4-19-37(20-5-1)40-25-16-34-49(55-40)58-43-28-10-13-31-46(43)61-52(58)62-47-32-14-11-29-44(47)59(50-35-17-26-41(56-50)38-21-6-2-7-22-38)54(62)63-48-33-15-12-30-45(48)60(53(61)63)51-36-18-27-42(57-51)39-23-8-3-9-24-39/h1-36H. The van der Waals surface area contributed by atoms with Crippen LogP contribution in [0.4, 0.5) is 51.6 Å². The van der Waals surface area contributed by atoms with Gasteiger partial charge < -0.3 is 28.6 Å². The van der Waals surface area contributed by atoms with Crippen molar-refractivity contribution in [3.05, 3.63) is 218 Å². The number of hydrogen-bond donors (Lipinski definition) is 0. The Morgan fingerprint density at radius 2 is 0.492 bits per heavy atom. The molecule has 294 valence electrons. The van der Waals surface area contributed by atoms with Gasteiger partial charge in [-0.2, -0.15) is 0 Å². The SMILES string of the molecule is c1ccc(-c2cccc(N3B4N(B5N(B6N4c4ccccc4N6c4cccc(-c6ccccc6)n4)c4ccccc4N5c4cccc(-c5ccccc5)n4)c4ccccc43)n2)cc1. The highest BCUT2D eigenvalue weighted by Crippen LogP contribution is 2.57. The van der Waals surface area contributed by atoms with Crippen LogP contribution in [0.2, 0.25) is 0 Å². The molecule has 6 aromatic carbocycles. The zero-order valence-electron chi connectivity index (χ0n) is 34.0. The molecule has 3 aromatic heterocycles. The Kier molecular flexibility index (Phi) is 7.99. The van der Waals surface area contributed by atoms with Crippen LogP contribution in [0.25, 0.3) is 33.8 Å². The van der Waals surface area contributed by atoms with Crippen molar-refractivity contribution < 1.29 is 0 Å². The van der Waals surface area contributed by atoms with Gasteiger partial charge in [-0.05, 0) is 72.8 Å². The number of hydrogen-bond acceptors (Lipinski definition) is 9. The molecule has 1 fully saturated rings. The minimum atomic E-state index is -0.371. The van der Waals surface area contributed by atoms with E-state index in [1.165, 1.54) is 0 Å². The summed E-state index contributed by atoms with van der Waals surface area (Å²) in [6.07, 6.45) is 0. The number of fused-ring (bicyclic) bond motifs is 12. The van der Waals surface area contributed by atoms with Gasteiger partial charge in [-0.25, -0.2) is 15.0 Å². The van der Waals surface area contributed by atoms with E-state index < -0.39 is 0 Å². The summed E-state index contributed by atoms with van der Waals surface area (Å²) in [5.74, 6) is 2.57. The van der Waals surface area contributed by atoms with Crippen molar-refractivity contribution >= 4 is 72.9 Å².